The van der Waals surface area contributed by atoms with Gasteiger partial charge < -0.3 is 9.47 Å². The van der Waals surface area contributed by atoms with Gasteiger partial charge in [-0.3, -0.25) is 20.4 Å². The highest BCUT2D eigenvalue weighted by Crippen LogP contribution is 2.36. The van der Waals surface area contributed by atoms with Crippen molar-refractivity contribution >= 4 is 11.8 Å². The number of ether oxygens (including phenoxy) is 2. The Morgan fingerprint density at radius 2 is 1.32 bits per heavy atom. The summed E-state index contributed by atoms with van der Waals surface area (Å²) < 4.78 is 10.8. The van der Waals surface area contributed by atoms with E-state index in [1.54, 1.807) is 50.6 Å². The molecule has 6 nitrogen and oxygen atoms in total. The Labute approximate surface area is 147 Å². The summed E-state index contributed by atoms with van der Waals surface area (Å²) in [5.74, 6) is 0.436. The molecule has 0 heterocycles. The van der Waals surface area contributed by atoms with E-state index in [0.717, 1.165) is 5.56 Å². The summed E-state index contributed by atoms with van der Waals surface area (Å²) in [5.41, 5.74) is 6.45. The van der Waals surface area contributed by atoms with Gasteiger partial charge >= 0.3 is 0 Å². The van der Waals surface area contributed by atoms with Gasteiger partial charge in [0, 0.05) is 16.7 Å². The molecular formula is C19H22N2O4. The molecule has 2 rings (SSSR count). The van der Waals surface area contributed by atoms with E-state index in [-0.39, 0.29) is 5.92 Å². The smallest absolute Gasteiger partial charge is 0.269 e. The molecule has 0 atom stereocenters. The van der Waals surface area contributed by atoms with Crippen molar-refractivity contribution in [3.63, 3.8) is 0 Å². The van der Waals surface area contributed by atoms with E-state index in [2.05, 4.69) is 10.9 Å². The molecule has 2 amide bonds. The third kappa shape index (κ3) is 4.29. The van der Waals surface area contributed by atoms with Crippen LogP contribution in [0.5, 0.6) is 11.5 Å². The number of hydrogen-bond donors (Lipinski definition) is 2. The lowest BCUT2D eigenvalue weighted by Crippen LogP contribution is -2.41. The topological polar surface area (TPSA) is 76.7 Å². The maximum absolute atomic E-state index is 12.4. The molecule has 0 aromatic heterocycles. The Balaban J connectivity index is 2.18. The number of rotatable bonds is 5. The third-order valence-corrected chi connectivity index (χ3v) is 3.71. The highest BCUT2D eigenvalue weighted by Gasteiger charge is 2.19. The zero-order valence-corrected chi connectivity index (χ0v) is 14.8. The van der Waals surface area contributed by atoms with Gasteiger partial charge in [-0.1, -0.05) is 32.0 Å². The number of methoxy groups -OCH3 is 2. The number of nitrogens with one attached hydrogen (secondary N) is 2. The van der Waals surface area contributed by atoms with Gasteiger partial charge in [0.1, 0.15) is 11.5 Å². The standard InChI is InChI=1S/C19H22N2O4/c1-12(2)17-15(24-3)10-14(11-16(17)25-4)19(23)21-20-18(22)13-8-6-5-7-9-13/h5-12H,1-4H3,(H,20,22)(H,21,23). The summed E-state index contributed by atoms with van der Waals surface area (Å²) in [6, 6.07) is 11.9. The van der Waals surface area contributed by atoms with Crippen molar-refractivity contribution in [3.8, 4) is 11.5 Å². The van der Waals surface area contributed by atoms with Gasteiger partial charge in [0.15, 0.2) is 0 Å². The van der Waals surface area contributed by atoms with E-state index in [9.17, 15) is 9.59 Å². The van der Waals surface area contributed by atoms with Crippen LogP contribution in [-0.4, -0.2) is 26.0 Å². The zero-order valence-electron chi connectivity index (χ0n) is 14.8. The molecule has 0 aliphatic heterocycles. The van der Waals surface area contributed by atoms with Gasteiger partial charge in [-0.2, -0.15) is 0 Å². The van der Waals surface area contributed by atoms with Crippen molar-refractivity contribution < 1.29 is 19.1 Å². The quantitative estimate of drug-likeness (QED) is 0.819. The molecule has 0 radical (unpaired) electrons. The number of carbonyl (C=O) groups is 2. The van der Waals surface area contributed by atoms with Crippen LogP contribution in [0.15, 0.2) is 42.5 Å². The van der Waals surface area contributed by atoms with Gasteiger partial charge in [0.25, 0.3) is 11.8 Å². The van der Waals surface area contributed by atoms with Gasteiger partial charge in [-0.25, -0.2) is 0 Å². The van der Waals surface area contributed by atoms with Crippen LogP contribution in [0.4, 0.5) is 0 Å². The first kappa shape index (κ1) is 18.3. The van der Waals surface area contributed by atoms with Crippen LogP contribution in [-0.2, 0) is 0 Å². The number of benzene rings is 2. The molecule has 0 bridgehead atoms. The lowest BCUT2D eigenvalue weighted by atomic mass is 9.98. The van der Waals surface area contributed by atoms with E-state index < -0.39 is 11.8 Å². The van der Waals surface area contributed by atoms with Gasteiger partial charge in [0.2, 0.25) is 0 Å². The Hall–Kier alpha value is -3.02. The number of hydrogen-bond acceptors (Lipinski definition) is 4. The lowest BCUT2D eigenvalue weighted by molar-refractivity contribution is 0.0846. The fraction of sp³-hybridized carbons (Fsp3) is 0.263. The Morgan fingerprint density at radius 1 is 0.840 bits per heavy atom. The summed E-state index contributed by atoms with van der Waals surface area (Å²) in [7, 11) is 3.08. The fourth-order valence-electron chi connectivity index (χ4n) is 2.49. The Morgan fingerprint density at radius 3 is 1.76 bits per heavy atom. The molecule has 0 saturated carbocycles. The van der Waals surface area contributed by atoms with Crippen molar-refractivity contribution in [1.29, 1.82) is 0 Å². The molecule has 0 fully saturated rings. The number of hydrazine groups is 1. The lowest BCUT2D eigenvalue weighted by Gasteiger charge is -2.17. The fourth-order valence-corrected chi connectivity index (χ4v) is 2.49. The first-order valence-electron chi connectivity index (χ1n) is 7.89. The molecule has 0 unspecified atom stereocenters. The average molecular weight is 342 g/mol. The van der Waals surface area contributed by atoms with Crippen LogP contribution in [0.3, 0.4) is 0 Å². The minimum Gasteiger partial charge on any atom is -0.496 e. The predicted octanol–water partition coefficient (Wildman–Crippen LogP) is 2.90. The van der Waals surface area contributed by atoms with E-state index in [0.29, 0.717) is 22.6 Å². The third-order valence-electron chi connectivity index (χ3n) is 3.71. The predicted molar refractivity (Wildman–Crippen MR) is 95.0 cm³/mol. The highest BCUT2D eigenvalue weighted by molar-refractivity contribution is 5.99. The second kappa shape index (κ2) is 8.19. The van der Waals surface area contributed by atoms with E-state index in [4.69, 9.17) is 9.47 Å². The minimum absolute atomic E-state index is 0.166. The molecule has 2 aromatic carbocycles. The van der Waals surface area contributed by atoms with Crippen molar-refractivity contribution in [2.24, 2.45) is 0 Å². The molecule has 2 N–H and O–H groups in total. The largest absolute Gasteiger partial charge is 0.496 e. The average Bonchev–Trinajstić information content (AvgIpc) is 2.64. The van der Waals surface area contributed by atoms with Crippen molar-refractivity contribution in [2.45, 2.75) is 19.8 Å². The highest BCUT2D eigenvalue weighted by atomic mass is 16.5. The summed E-state index contributed by atoms with van der Waals surface area (Å²) in [6.07, 6.45) is 0. The minimum atomic E-state index is -0.462. The maximum atomic E-state index is 12.4. The van der Waals surface area contributed by atoms with Crippen LogP contribution < -0.4 is 20.3 Å². The normalized spacial score (nSPS) is 10.3. The first-order chi connectivity index (χ1) is 12.0. The second-order valence-corrected chi connectivity index (χ2v) is 5.72. The summed E-state index contributed by atoms with van der Waals surface area (Å²) >= 11 is 0. The number of amides is 2. The molecule has 0 spiro atoms. The summed E-state index contributed by atoms with van der Waals surface area (Å²) in [4.78, 5) is 24.4. The Bertz CT molecular complexity index is 732. The number of carbonyl (C=O) groups excluding carboxylic acids is 2. The van der Waals surface area contributed by atoms with Crippen LogP contribution in [0.2, 0.25) is 0 Å². The van der Waals surface area contributed by atoms with Crippen LogP contribution >= 0.6 is 0 Å². The molecule has 0 aliphatic carbocycles. The molecule has 6 heteroatoms. The molecular weight excluding hydrogens is 320 g/mol. The van der Waals surface area contributed by atoms with Crippen LogP contribution in [0.25, 0.3) is 0 Å². The molecule has 0 aliphatic rings. The zero-order chi connectivity index (χ0) is 18.4. The van der Waals surface area contributed by atoms with Crippen molar-refractivity contribution in [1.82, 2.24) is 10.9 Å². The molecule has 2 aromatic rings. The van der Waals surface area contributed by atoms with Gasteiger partial charge in [-0.15, -0.1) is 0 Å². The summed E-state index contributed by atoms with van der Waals surface area (Å²) in [5, 5.41) is 0. The molecule has 132 valence electrons. The first-order valence-corrected chi connectivity index (χ1v) is 7.89. The Kier molecular flexibility index (Phi) is 6.00. The van der Waals surface area contributed by atoms with Crippen LogP contribution in [0.1, 0.15) is 46.0 Å². The molecule has 0 saturated heterocycles. The SMILES string of the molecule is COc1cc(C(=O)NNC(=O)c2ccccc2)cc(OC)c1C(C)C. The van der Waals surface area contributed by atoms with E-state index in [1.165, 1.54) is 0 Å². The maximum Gasteiger partial charge on any atom is 0.269 e. The van der Waals surface area contributed by atoms with Gasteiger partial charge in [0.05, 0.1) is 14.2 Å². The van der Waals surface area contributed by atoms with E-state index >= 15 is 0 Å². The van der Waals surface area contributed by atoms with E-state index in [1.807, 2.05) is 19.9 Å². The second-order valence-electron chi connectivity index (χ2n) is 5.72. The van der Waals surface area contributed by atoms with Crippen molar-refractivity contribution in [2.75, 3.05) is 14.2 Å². The monoisotopic (exact) mass is 342 g/mol. The van der Waals surface area contributed by atoms with Crippen LogP contribution in [0, 0.1) is 0 Å². The van der Waals surface area contributed by atoms with Crippen molar-refractivity contribution in [3.05, 3.63) is 59.2 Å². The van der Waals surface area contributed by atoms with Gasteiger partial charge in [-0.05, 0) is 30.2 Å². The summed E-state index contributed by atoms with van der Waals surface area (Å²) in [6.45, 7) is 4.03. The molecule has 25 heavy (non-hydrogen) atoms.